The minimum atomic E-state index is -0.801. The van der Waals surface area contributed by atoms with Crippen LogP contribution in [0.2, 0.25) is 5.02 Å². The molecular weight excluding hydrogens is 408 g/mol. The molecule has 2 aromatic carbocycles. The highest BCUT2D eigenvalue weighted by molar-refractivity contribution is 6.30. The van der Waals surface area contributed by atoms with Gasteiger partial charge in [0.05, 0.1) is 17.4 Å². The van der Waals surface area contributed by atoms with Crippen molar-refractivity contribution in [2.24, 2.45) is 5.10 Å². The maximum atomic E-state index is 12.6. The van der Waals surface area contributed by atoms with Crippen LogP contribution in [-0.2, 0) is 4.79 Å². The molecule has 4 rings (SSSR count). The first kappa shape index (κ1) is 19.7. The zero-order chi connectivity index (χ0) is 21.4. The first-order chi connectivity index (χ1) is 14.4. The summed E-state index contributed by atoms with van der Waals surface area (Å²) < 4.78 is 0.962. The Morgan fingerprint density at radius 2 is 1.80 bits per heavy atom. The Kier molecular flexibility index (Phi) is 5.01. The summed E-state index contributed by atoms with van der Waals surface area (Å²) in [7, 11) is 0. The van der Waals surface area contributed by atoms with Gasteiger partial charge in [-0.2, -0.15) is 5.10 Å². The van der Waals surface area contributed by atoms with Crippen LogP contribution < -0.4 is 11.2 Å². The molecule has 1 aliphatic heterocycles. The van der Waals surface area contributed by atoms with Gasteiger partial charge in [0, 0.05) is 18.4 Å². The van der Waals surface area contributed by atoms with Crippen molar-refractivity contribution in [2.75, 3.05) is 0 Å². The number of hydrogen-bond donors (Lipinski definition) is 2. The lowest BCUT2D eigenvalue weighted by Crippen LogP contribution is -2.33. The molecule has 0 radical (unpaired) electrons. The Morgan fingerprint density at radius 3 is 2.43 bits per heavy atom. The summed E-state index contributed by atoms with van der Waals surface area (Å²) in [6.07, 6.45) is 0.207. The van der Waals surface area contributed by atoms with E-state index >= 15 is 0 Å². The van der Waals surface area contributed by atoms with Crippen LogP contribution in [0.15, 0.2) is 69.3 Å². The third-order valence-corrected chi connectivity index (χ3v) is 5.13. The summed E-state index contributed by atoms with van der Waals surface area (Å²) in [5, 5.41) is 16.9. The molecular formula is C21H17ClN4O4. The summed E-state index contributed by atoms with van der Waals surface area (Å²) in [6.45, 7) is 1.38. The van der Waals surface area contributed by atoms with Crippen molar-refractivity contribution >= 4 is 23.2 Å². The average Bonchev–Trinajstić information content (AvgIpc) is 3.15. The summed E-state index contributed by atoms with van der Waals surface area (Å²) in [5.41, 5.74) is -0.368. The predicted molar refractivity (Wildman–Crippen MR) is 112 cm³/mol. The number of benzene rings is 2. The molecule has 0 fully saturated rings. The van der Waals surface area contributed by atoms with E-state index in [2.05, 4.69) is 10.1 Å². The highest BCUT2D eigenvalue weighted by Crippen LogP contribution is 2.33. The number of carbonyl (C=O) groups excluding carboxylic acids is 1. The Bertz CT molecular complexity index is 1260. The van der Waals surface area contributed by atoms with E-state index < -0.39 is 23.2 Å². The fraction of sp³-hybridized carbons (Fsp3) is 0.143. The molecule has 152 valence electrons. The standard InChI is InChI=1S/C21H17ClN4O4/c1-12(27)26-17(13-5-3-2-4-6-13)11-16(24-26)18-19(28)23-21(30)25(20(18)29)15-9-7-14(22)8-10-15/h2-10,17,29H,11H2,1H3,(H,23,28,30)/t17-/m1/s1. The van der Waals surface area contributed by atoms with Gasteiger partial charge in [0.1, 0.15) is 5.56 Å². The van der Waals surface area contributed by atoms with Crippen molar-refractivity contribution in [3.63, 3.8) is 0 Å². The predicted octanol–water partition coefficient (Wildman–Crippen LogP) is 2.58. The van der Waals surface area contributed by atoms with E-state index in [9.17, 15) is 19.5 Å². The number of aromatic hydroxyl groups is 1. The van der Waals surface area contributed by atoms with E-state index in [0.717, 1.165) is 10.1 Å². The van der Waals surface area contributed by atoms with Crippen molar-refractivity contribution in [3.8, 4) is 11.6 Å². The molecule has 2 heterocycles. The van der Waals surface area contributed by atoms with Crippen LogP contribution in [0.3, 0.4) is 0 Å². The number of hydrazone groups is 1. The number of halogens is 1. The van der Waals surface area contributed by atoms with Gasteiger partial charge < -0.3 is 5.11 Å². The molecule has 0 saturated heterocycles. The van der Waals surface area contributed by atoms with Gasteiger partial charge in [-0.1, -0.05) is 41.9 Å². The molecule has 0 aliphatic carbocycles. The molecule has 1 atom stereocenters. The second-order valence-electron chi connectivity index (χ2n) is 6.81. The van der Waals surface area contributed by atoms with Gasteiger partial charge >= 0.3 is 5.69 Å². The summed E-state index contributed by atoms with van der Waals surface area (Å²) in [6, 6.07) is 15.0. The molecule has 1 aliphatic rings. The van der Waals surface area contributed by atoms with Crippen LogP contribution in [0.25, 0.3) is 5.69 Å². The van der Waals surface area contributed by atoms with Crippen molar-refractivity contribution in [1.82, 2.24) is 14.6 Å². The van der Waals surface area contributed by atoms with Crippen LogP contribution in [0.1, 0.15) is 30.5 Å². The lowest BCUT2D eigenvalue weighted by Gasteiger charge is -2.20. The third kappa shape index (κ3) is 3.42. The van der Waals surface area contributed by atoms with Crippen LogP contribution in [0.4, 0.5) is 0 Å². The summed E-state index contributed by atoms with van der Waals surface area (Å²) in [5.74, 6) is -0.858. The number of nitrogens with zero attached hydrogens (tertiary/aromatic N) is 3. The van der Waals surface area contributed by atoms with E-state index in [1.807, 2.05) is 30.3 Å². The van der Waals surface area contributed by atoms with Gasteiger partial charge in [-0.05, 0) is 29.8 Å². The lowest BCUT2D eigenvalue weighted by molar-refractivity contribution is -0.130. The van der Waals surface area contributed by atoms with Crippen molar-refractivity contribution in [1.29, 1.82) is 0 Å². The van der Waals surface area contributed by atoms with Gasteiger partial charge in [0.2, 0.25) is 11.8 Å². The molecule has 0 unspecified atom stereocenters. The van der Waals surface area contributed by atoms with Crippen LogP contribution in [-0.4, -0.2) is 31.3 Å². The van der Waals surface area contributed by atoms with Crippen molar-refractivity contribution in [3.05, 3.63) is 91.6 Å². The molecule has 30 heavy (non-hydrogen) atoms. The number of aromatic amines is 1. The second kappa shape index (κ2) is 7.64. The third-order valence-electron chi connectivity index (χ3n) is 4.88. The number of amides is 1. The maximum absolute atomic E-state index is 12.6. The average molecular weight is 425 g/mol. The Balaban J connectivity index is 1.84. The normalized spacial score (nSPS) is 15.9. The van der Waals surface area contributed by atoms with Gasteiger partial charge in [0.15, 0.2) is 0 Å². The number of hydrogen-bond acceptors (Lipinski definition) is 5. The minimum absolute atomic E-state index is 0.158. The zero-order valence-corrected chi connectivity index (χ0v) is 16.6. The number of carbonyl (C=O) groups is 1. The minimum Gasteiger partial charge on any atom is -0.493 e. The second-order valence-corrected chi connectivity index (χ2v) is 7.25. The van der Waals surface area contributed by atoms with Gasteiger partial charge in [-0.25, -0.2) is 14.4 Å². The Labute approximate surface area is 175 Å². The monoisotopic (exact) mass is 424 g/mol. The molecule has 1 aromatic heterocycles. The van der Waals surface area contributed by atoms with Crippen LogP contribution in [0.5, 0.6) is 5.88 Å². The SMILES string of the molecule is CC(=O)N1N=C(c2c(O)n(-c3ccc(Cl)cc3)c(=O)[nH]c2=O)C[C@@H]1c1ccccc1. The smallest absolute Gasteiger partial charge is 0.335 e. The quantitative estimate of drug-likeness (QED) is 0.673. The van der Waals surface area contributed by atoms with E-state index in [-0.39, 0.29) is 23.6 Å². The molecule has 3 aromatic rings. The number of H-pyrrole nitrogens is 1. The first-order valence-electron chi connectivity index (χ1n) is 9.13. The van der Waals surface area contributed by atoms with Crippen molar-refractivity contribution < 1.29 is 9.90 Å². The van der Waals surface area contributed by atoms with E-state index in [1.165, 1.54) is 24.1 Å². The molecule has 0 saturated carbocycles. The van der Waals surface area contributed by atoms with Crippen LogP contribution >= 0.6 is 11.6 Å². The largest absolute Gasteiger partial charge is 0.493 e. The molecule has 0 bridgehead atoms. The lowest BCUT2D eigenvalue weighted by atomic mass is 9.99. The number of nitrogens with one attached hydrogen (secondary N) is 1. The zero-order valence-electron chi connectivity index (χ0n) is 15.9. The molecule has 9 heteroatoms. The highest BCUT2D eigenvalue weighted by atomic mass is 35.5. The Morgan fingerprint density at radius 1 is 1.13 bits per heavy atom. The van der Waals surface area contributed by atoms with Gasteiger partial charge in [0.25, 0.3) is 5.56 Å². The summed E-state index contributed by atoms with van der Waals surface area (Å²) in [4.78, 5) is 39.3. The van der Waals surface area contributed by atoms with Crippen molar-refractivity contribution in [2.45, 2.75) is 19.4 Å². The van der Waals surface area contributed by atoms with E-state index in [0.29, 0.717) is 10.7 Å². The van der Waals surface area contributed by atoms with Crippen LogP contribution in [0, 0.1) is 0 Å². The van der Waals surface area contributed by atoms with E-state index in [4.69, 9.17) is 11.6 Å². The molecule has 1 amide bonds. The van der Waals surface area contributed by atoms with Gasteiger partial charge in [-0.3, -0.25) is 14.6 Å². The molecule has 0 spiro atoms. The maximum Gasteiger partial charge on any atom is 0.335 e. The molecule has 8 nitrogen and oxygen atoms in total. The van der Waals surface area contributed by atoms with Gasteiger partial charge in [-0.15, -0.1) is 0 Å². The highest BCUT2D eigenvalue weighted by Gasteiger charge is 2.34. The van der Waals surface area contributed by atoms with E-state index in [1.54, 1.807) is 12.1 Å². The number of rotatable bonds is 3. The topological polar surface area (TPSA) is 108 Å². The fourth-order valence-electron chi connectivity index (χ4n) is 3.50. The fourth-order valence-corrected chi connectivity index (χ4v) is 3.63. The molecule has 2 N–H and O–H groups in total. The number of aromatic nitrogens is 2. The Hall–Kier alpha value is -3.65. The summed E-state index contributed by atoms with van der Waals surface area (Å²) >= 11 is 5.89. The first-order valence-corrected chi connectivity index (χ1v) is 9.51.